The van der Waals surface area contributed by atoms with Gasteiger partial charge >= 0.3 is 0 Å². The monoisotopic (exact) mass is 231 g/mol. The summed E-state index contributed by atoms with van der Waals surface area (Å²) in [5.74, 6) is 0.139. The molecule has 0 atom stereocenters. The predicted octanol–water partition coefficient (Wildman–Crippen LogP) is 1.22. The van der Waals surface area contributed by atoms with Crippen LogP contribution in [0, 0.1) is 0 Å². The molecule has 1 aliphatic rings. The van der Waals surface area contributed by atoms with Crippen molar-refractivity contribution in [1.29, 1.82) is 0 Å². The van der Waals surface area contributed by atoms with E-state index in [0.29, 0.717) is 23.0 Å². The molecule has 0 amide bonds. The molecular formula is C9H10ClNO2S. The summed E-state index contributed by atoms with van der Waals surface area (Å²) in [4.78, 5) is 0.370. The zero-order valence-electron chi connectivity index (χ0n) is 7.46. The van der Waals surface area contributed by atoms with Crippen LogP contribution in [-0.2, 0) is 16.4 Å². The highest BCUT2D eigenvalue weighted by Crippen LogP contribution is 2.23. The van der Waals surface area contributed by atoms with Crippen molar-refractivity contribution in [2.75, 3.05) is 12.3 Å². The molecule has 0 radical (unpaired) electrons. The fraction of sp³-hybridized carbons (Fsp3) is 0.333. The fourth-order valence-corrected chi connectivity index (χ4v) is 3.22. The molecule has 0 saturated heterocycles. The van der Waals surface area contributed by atoms with Crippen LogP contribution < -0.4 is 5.32 Å². The van der Waals surface area contributed by atoms with E-state index in [1.54, 1.807) is 12.1 Å². The summed E-state index contributed by atoms with van der Waals surface area (Å²) < 4.78 is 23.5. The van der Waals surface area contributed by atoms with Crippen molar-refractivity contribution in [2.45, 2.75) is 11.4 Å². The number of nitrogens with one attached hydrogen (secondary N) is 1. The van der Waals surface area contributed by atoms with E-state index in [4.69, 9.17) is 11.6 Å². The standard InChI is InChI=1S/C9H10ClNO2S/c10-8-2-1-7-6-11-3-4-14(12,13)9(7)5-8/h1-2,5,11H,3-4,6H2. The molecule has 0 bridgehead atoms. The lowest BCUT2D eigenvalue weighted by Gasteiger charge is -2.05. The minimum Gasteiger partial charge on any atom is -0.312 e. The van der Waals surface area contributed by atoms with E-state index >= 15 is 0 Å². The number of sulfone groups is 1. The maximum Gasteiger partial charge on any atom is 0.179 e. The highest BCUT2D eigenvalue weighted by atomic mass is 35.5. The Kier molecular flexibility index (Phi) is 2.51. The van der Waals surface area contributed by atoms with E-state index in [1.165, 1.54) is 6.07 Å². The van der Waals surface area contributed by atoms with Crippen molar-refractivity contribution < 1.29 is 8.42 Å². The SMILES string of the molecule is O=S1(=O)CCNCc2ccc(Cl)cc21. The minimum atomic E-state index is -3.15. The van der Waals surface area contributed by atoms with E-state index in [1.807, 2.05) is 0 Å². The number of hydrogen-bond donors (Lipinski definition) is 1. The van der Waals surface area contributed by atoms with Crippen LogP contribution in [0.5, 0.6) is 0 Å². The van der Waals surface area contributed by atoms with Gasteiger partial charge in [0.15, 0.2) is 9.84 Å². The van der Waals surface area contributed by atoms with E-state index < -0.39 is 9.84 Å². The maximum atomic E-state index is 11.7. The van der Waals surface area contributed by atoms with Crippen LogP contribution in [0.25, 0.3) is 0 Å². The van der Waals surface area contributed by atoms with Crippen LogP contribution >= 0.6 is 11.6 Å². The van der Waals surface area contributed by atoms with Gasteiger partial charge in [-0.3, -0.25) is 0 Å². The third kappa shape index (κ3) is 1.78. The number of hydrogen-bond acceptors (Lipinski definition) is 3. The van der Waals surface area contributed by atoms with Crippen LogP contribution in [0.15, 0.2) is 23.1 Å². The number of rotatable bonds is 0. The van der Waals surface area contributed by atoms with E-state index in [9.17, 15) is 8.42 Å². The average molecular weight is 232 g/mol. The van der Waals surface area contributed by atoms with Gasteiger partial charge in [-0.05, 0) is 17.7 Å². The first-order valence-corrected chi connectivity index (χ1v) is 6.34. The molecule has 0 unspecified atom stereocenters. The quantitative estimate of drug-likeness (QED) is 0.730. The second-order valence-corrected chi connectivity index (χ2v) is 5.76. The molecule has 1 aliphatic heterocycles. The average Bonchev–Trinajstić information content (AvgIpc) is 2.26. The Hall–Kier alpha value is -0.580. The first-order chi connectivity index (χ1) is 6.59. The number of halogens is 1. The summed E-state index contributed by atoms with van der Waals surface area (Å²) in [6, 6.07) is 5.00. The molecule has 76 valence electrons. The molecule has 1 heterocycles. The Bertz CT molecular complexity index is 456. The third-order valence-electron chi connectivity index (χ3n) is 2.23. The molecular weight excluding hydrogens is 222 g/mol. The Morgan fingerprint density at radius 2 is 2.14 bits per heavy atom. The molecule has 0 fully saturated rings. The fourth-order valence-electron chi connectivity index (χ4n) is 1.50. The lowest BCUT2D eigenvalue weighted by atomic mass is 10.2. The largest absolute Gasteiger partial charge is 0.312 e. The summed E-state index contributed by atoms with van der Waals surface area (Å²) in [7, 11) is -3.15. The maximum absolute atomic E-state index is 11.7. The van der Waals surface area contributed by atoms with E-state index in [2.05, 4.69) is 5.32 Å². The lowest BCUT2D eigenvalue weighted by Crippen LogP contribution is -2.17. The van der Waals surface area contributed by atoms with Crippen LogP contribution in [0.2, 0.25) is 5.02 Å². The summed E-state index contributed by atoms with van der Waals surface area (Å²) >= 11 is 5.77. The molecule has 0 saturated carbocycles. The van der Waals surface area contributed by atoms with Crippen LogP contribution in [0.1, 0.15) is 5.56 Å². The molecule has 0 aliphatic carbocycles. The molecule has 1 N–H and O–H groups in total. The topological polar surface area (TPSA) is 46.2 Å². The second-order valence-electron chi connectivity index (χ2n) is 3.25. The van der Waals surface area contributed by atoms with Gasteiger partial charge in [0.1, 0.15) is 0 Å². The van der Waals surface area contributed by atoms with E-state index in [0.717, 1.165) is 5.56 Å². The van der Waals surface area contributed by atoms with Crippen molar-refractivity contribution >= 4 is 21.4 Å². The van der Waals surface area contributed by atoms with Crippen molar-refractivity contribution in [3.05, 3.63) is 28.8 Å². The zero-order valence-corrected chi connectivity index (χ0v) is 9.03. The van der Waals surface area contributed by atoms with Crippen LogP contribution in [-0.4, -0.2) is 20.7 Å². The van der Waals surface area contributed by atoms with Gasteiger partial charge in [-0.25, -0.2) is 8.42 Å². The summed E-state index contributed by atoms with van der Waals surface area (Å²) in [6.07, 6.45) is 0. The Morgan fingerprint density at radius 1 is 1.36 bits per heavy atom. The molecule has 0 aromatic heterocycles. The summed E-state index contributed by atoms with van der Waals surface area (Å²) in [6.45, 7) is 1.08. The third-order valence-corrected chi connectivity index (χ3v) is 4.25. The Labute approximate surface area is 88.0 Å². The van der Waals surface area contributed by atoms with Crippen molar-refractivity contribution in [2.24, 2.45) is 0 Å². The minimum absolute atomic E-state index is 0.139. The molecule has 1 aromatic rings. The van der Waals surface area contributed by atoms with Gasteiger partial charge in [0, 0.05) is 18.1 Å². The highest BCUT2D eigenvalue weighted by Gasteiger charge is 2.21. The van der Waals surface area contributed by atoms with Crippen LogP contribution in [0.3, 0.4) is 0 Å². The molecule has 1 aromatic carbocycles. The lowest BCUT2D eigenvalue weighted by molar-refractivity contribution is 0.595. The van der Waals surface area contributed by atoms with Gasteiger partial charge in [0.05, 0.1) is 10.6 Å². The molecule has 3 nitrogen and oxygen atoms in total. The summed E-state index contributed by atoms with van der Waals surface area (Å²) in [5.41, 5.74) is 0.798. The Morgan fingerprint density at radius 3 is 2.93 bits per heavy atom. The van der Waals surface area contributed by atoms with Gasteiger partial charge in [0.2, 0.25) is 0 Å². The normalized spacial score (nSPS) is 19.8. The zero-order chi connectivity index (χ0) is 10.2. The summed E-state index contributed by atoms with van der Waals surface area (Å²) in [5, 5.41) is 3.52. The molecule has 0 spiro atoms. The number of benzene rings is 1. The predicted molar refractivity (Wildman–Crippen MR) is 55.2 cm³/mol. The van der Waals surface area contributed by atoms with Crippen molar-refractivity contribution in [3.8, 4) is 0 Å². The smallest absolute Gasteiger partial charge is 0.179 e. The van der Waals surface area contributed by atoms with E-state index in [-0.39, 0.29) is 5.75 Å². The first kappa shape index (κ1) is 9.96. The van der Waals surface area contributed by atoms with Crippen molar-refractivity contribution in [3.63, 3.8) is 0 Å². The van der Waals surface area contributed by atoms with Gasteiger partial charge in [-0.2, -0.15) is 0 Å². The Balaban J connectivity index is 2.64. The van der Waals surface area contributed by atoms with Gasteiger partial charge < -0.3 is 5.32 Å². The highest BCUT2D eigenvalue weighted by molar-refractivity contribution is 7.91. The van der Waals surface area contributed by atoms with Crippen LogP contribution in [0.4, 0.5) is 0 Å². The second kappa shape index (κ2) is 3.53. The first-order valence-electron chi connectivity index (χ1n) is 4.31. The van der Waals surface area contributed by atoms with Crippen molar-refractivity contribution in [1.82, 2.24) is 5.32 Å². The molecule has 5 heteroatoms. The van der Waals surface area contributed by atoms with Gasteiger partial charge in [-0.15, -0.1) is 0 Å². The molecule has 2 rings (SSSR count). The molecule has 14 heavy (non-hydrogen) atoms. The number of fused-ring (bicyclic) bond motifs is 1. The van der Waals surface area contributed by atoms with Gasteiger partial charge in [-0.1, -0.05) is 17.7 Å². The van der Waals surface area contributed by atoms with Gasteiger partial charge in [0.25, 0.3) is 0 Å².